The number of nitrogens with zero attached hydrogens (tertiary/aromatic N) is 3. The van der Waals surface area contributed by atoms with Gasteiger partial charge in [-0.2, -0.15) is 0 Å². The summed E-state index contributed by atoms with van der Waals surface area (Å²) in [6.45, 7) is 2.65. The molecular weight excluding hydrogens is 312 g/mol. The zero-order chi connectivity index (χ0) is 16.0. The molecular formula is C17H15ClN4O. The van der Waals surface area contributed by atoms with E-state index < -0.39 is 0 Å². The van der Waals surface area contributed by atoms with Crippen LogP contribution >= 0.6 is 11.6 Å². The average molecular weight is 327 g/mol. The number of halogens is 1. The van der Waals surface area contributed by atoms with E-state index in [2.05, 4.69) is 15.0 Å². The minimum atomic E-state index is -0.112. The fourth-order valence-electron chi connectivity index (χ4n) is 3.14. The normalized spacial score (nSPS) is 17.3. The first-order valence-corrected chi connectivity index (χ1v) is 7.92. The van der Waals surface area contributed by atoms with E-state index >= 15 is 0 Å². The highest BCUT2D eigenvalue weighted by molar-refractivity contribution is 6.35. The summed E-state index contributed by atoms with van der Waals surface area (Å²) in [5.41, 5.74) is 3.56. The molecule has 1 unspecified atom stereocenters. The van der Waals surface area contributed by atoms with Gasteiger partial charge in [-0.05, 0) is 30.7 Å². The number of rotatable bonds is 1. The number of nitrogens with one attached hydrogen (secondary N) is 1. The van der Waals surface area contributed by atoms with Crippen LogP contribution in [0.3, 0.4) is 0 Å². The topological polar surface area (TPSA) is 61.9 Å². The van der Waals surface area contributed by atoms with Gasteiger partial charge in [-0.1, -0.05) is 23.7 Å². The van der Waals surface area contributed by atoms with Crippen molar-refractivity contribution < 1.29 is 4.79 Å². The molecule has 6 heteroatoms. The van der Waals surface area contributed by atoms with Crippen molar-refractivity contribution in [1.29, 1.82) is 0 Å². The average Bonchev–Trinajstić information content (AvgIpc) is 3.01. The van der Waals surface area contributed by atoms with Crippen molar-refractivity contribution >= 4 is 28.5 Å². The van der Waals surface area contributed by atoms with Crippen molar-refractivity contribution in [2.24, 2.45) is 0 Å². The van der Waals surface area contributed by atoms with Crippen LogP contribution in [0.2, 0.25) is 5.02 Å². The molecule has 4 rings (SSSR count). The van der Waals surface area contributed by atoms with Crippen molar-refractivity contribution in [3.8, 4) is 0 Å². The summed E-state index contributed by atoms with van der Waals surface area (Å²) in [7, 11) is 0. The SMILES string of the molecule is CC1c2cccnc2CCN1C(=O)c1nc2c(Cl)cccc2[nH]1. The molecule has 1 amide bonds. The summed E-state index contributed by atoms with van der Waals surface area (Å²) in [4.78, 5) is 26.6. The highest BCUT2D eigenvalue weighted by Gasteiger charge is 2.30. The van der Waals surface area contributed by atoms with Gasteiger partial charge in [-0.25, -0.2) is 4.98 Å². The van der Waals surface area contributed by atoms with E-state index in [4.69, 9.17) is 11.6 Å². The third-order valence-corrected chi connectivity index (χ3v) is 4.66. The quantitative estimate of drug-likeness (QED) is 0.745. The Morgan fingerprint density at radius 2 is 2.22 bits per heavy atom. The zero-order valence-electron chi connectivity index (χ0n) is 12.6. The van der Waals surface area contributed by atoms with Crippen LogP contribution in [0.15, 0.2) is 36.5 Å². The minimum absolute atomic E-state index is 0.0244. The number of H-pyrrole nitrogens is 1. The number of hydrogen-bond donors (Lipinski definition) is 1. The Labute approximate surface area is 138 Å². The second kappa shape index (κ2) is 5.35. The number of carbonyl (C=O) groups is 1. The minimum Gasteiger partial charge on any atom is -0.334 e. The number of amides is 1. The maximum Gasteiger partial charge on any atom is 0.290 e. The Morgan fingerprint density at radius 1 is 1.35 bits per heavy atom. The van der Waals surface area contributed by atoms with Gasteiger partial charge in [0.25, 0.3) is 5.91 Å². The summed E-state index contributed by atoms with van der Waals surface area (Å²) in [5.74, 6) is 0.214. The fraction of sp³-hybridized carbons (Fsp3) is 0.235. The van der Waals surface area contributed by atoms with Gasteiger partial charge in [0.15, 0.2) is 5.82 Å². The van der Waals surface area contributed by atoms with Gasteiger partial charge in [0.05, 0.1) is 16.6 Å². The van der Waals surface area contributed by atoms with Crippen LogP contribution in [-0.4, -0.2) is 32.3 Å². The number of pyridine rings is 1. The number of benzene rings is 1. The van der Waals surface area contributed by atoms with Crippen molar-refractivity contribution in [2.45, 2.75) is 19.4 Å². The van der Waals surface area contributed by atoms with Crippen molar-refractivity contribution in [1.82, 2.24) is 19.9 Å². The van der Waals surface area contributed by atoms with Crippen LogP contribution < -0.4 is 0 Å². The van der Waals surface area contributed by atoms with E-state index in [1.54, 1.807) is 12.3 Å². The molecule has 116 valence electrons. The standard InChI is InChI=1S/C17H15ClN4O/c1-10-11-4-3-8-19-13(11)7-9-22(10)17(23)16-20-14-6-2-5-12(18)15(14)21-16/h2-6,8,10H,7,9H2,1H3,(H,20,21). The van der Waals surface area contributed by atoms with Gasteiger partial charge in [-0.15, -0.1) is 0 Å². The number of aromatic amines is 1. The number of fused-ring (bicyclic) bond motifs is 2. The Balaban J connectivity index is 1.70. The van der Waals surface area contributed by atoms with E-state index in [9.17, 15) is 4.79 Å². The van der Waals surface area contributed by atoms with Gasteiger partial charge in [0, 0.05) is 24.9 Å². The third kappa shape index (κ3) is 2.28. The number of aromatic nitrogens is 3. The molecule has 1 atom stereocenters. The fourth-order valence-corrected chi connectivity index (χ4v) is 3.36. The predicted octanol–water partition coefficient (Wildman–Crippen LogP) is 3.37. The molecule has 0 spiro atoms. The molecule has 5 nitrogen and oxygen atoms in total. The van der Waals surface area contributed by atoms with Crippen molar-refractivity contribution in [2.75, 3.05) is 6.54 Å². The van der Waals surface area contributed by atoms with E-state index in [0.717, 1.165) is 23.2 Å². The molecule has 1 aromatic carbocycles. The summed E-state index contributed by atoms with van der Waals surface area (Å²) in [6.07, 6.45) is 2.55. The first-order valence-electron chi connectivity index (χ1n) is 7.54. The number of hydrogen-bond acceptors (Lipinski definition) is 3. The lowest BCUT2D eigenvalue weighted by Crippen LogP contribution is -2.39. The highest BCUT2D eigenvalue weighted by Crippen LogP contribution is 2.29. The van der Waals surface area contributed by atoms with E-state index in [1.165, 1.54) is 0 Å². The Hall–Kier alpha value is -2.40. The predicted molar refractivity (Wildman–Crippen MR) is 88.5 cm³/mol. The van der Waals surface area contributed by atoms with Crippen LogP contribution in [-0.2, 0) is 6.42 Å². The number of para-hydroxylation sites is 1. The molecule has 3 aromatic rings. The molecule has 1 aliphatic rings. The Bertz CT molecular complexity index is 904. The van der Waals surface area contributed by atoms with Gasteiger partial charge in [0.2, 0.25) is 0 Å². The first-order chi connectivity index (χ1) is 11.1. The van der Waals surface area contributed by atoms with E-state index in [-0.39, 0.29) is 11.9 Å². The van der Waals surface area contributed by atoms with Gasteiger partial charge in [-0.3, -0.25) is 9.78 Å². The van der Waals surface area contributed by atoms with Crippen molar-refractivity contribution in [3.63, 3.8) is 0 Å². The smallest absolute Gasteiger partial charge is 0.290 e. The molecule has 1 N–H and O–H groups in total. The Kier molecular flexibility index (Phi) is 3.31. The second-order valence-corrected chi connectivity index (χ2v) is 6.09. The molecule has 3 heterocycles. The van der Waals surface area contributed by atoms with Crippen LogP contribution in [0.25, 0.3) is 11.0 Å². The summed E-state index contributed by atoms with van der Waals surface area (Å²) < 4.78 is 0. The first kappa shape index (κ1) is 14.2. The maximum absolute atomic E-state index is 12.9. The van der Waals surface area contributed by atoms with Crippen molar-refractivity contribution in [3.05, 3.63) is 58.6 Å². The molecule has 0 saturated carbocycles. The van der Waals surface area contributed by atoms with Crippen LogP contribution in [0, 0.1) is 0 Å². The summed E-state index contributed by atoms with van der Waals surface area (Å²) >= 11 is 6.14. The van der Waals surface area contributed by atoms with Crippen LogP contribution in [0.5, 0.6) is 0 Å². The zero-order valence-corrected chi connectivity index (χ0v) is 13.3. The molecule has 1 aliphatic heterocycles. The number of carbonyl (C=O) groups excluding carboxylic acids is 1. The molecule has 0 aliphatic carbocycles. The lowest BCUT2D eigenvalue weighted by molar-refractivity contribution is 0.0665. The summed E-state index contributed by atoms with van der Waals surface area (Å²) in [6, 6.07) is 9.38. The molecule has 0 fully saturated rings. The van der Waals surface area contributed by atoms with Crippen LogP contribution in [0.4, 0.5) is 0 Å². The Morgan fingerprint density at radius 3 is 3.04 bits per heavy atom. The molecule has 0 bridgehead atoms. The molecule has 0 radical (unpaired) electrons. The van der Waals surface area contributed by atoms with Crippen LogP contribution in [0.1, 0.15) is 34.8 Å². The van der Waals surface area contributed by atoms with Gasteiger partial charge >= 0.3 is 0 Å². The number of imidazole rings is 1. The lowest BCUT2D eigenvalue weighted by atomic mass is 9.98. The lowest BCUT2D eigenvalue weighted by Gasteiger charge is -2.34. The monoisotopic (exact) mass is 326 g/mol. The van der Waals surface area contributed by atoms with Gasteiger partial charge in [0.1, 0.15) is 5.52 Å². The third-order valence-electron chi connectivity index (χ3n) is 4.36. The van der Waals surface area contributed by atoms with Gasteiger partial charge < -0.3 is 9.88 Å². The van der Waals surface area contributed by atoms with E-state index in [0.29, 0.717) is 22.9 Å². The largest absolute Gasteiger partial charge is 0.334 e. The second-order valence-electron chi connectivity index (χ2n) is 5.69. The maximum atomic E-state index is 12.9. The highest BCUT2D eigenvalue weighted by atomic mass is 35.5. The molecule has 0 saturated heterocycles. The van der Waals surface area contributed by atoms with E-state index in [1.807, 2.05) is 36.1 Å². The molecule has 2 aromatic heterocycles. The molecule has 23 heavy (non-hydrogen) atoms. The summed E-state index contributed by atoms with van der Waals surface area (Å²) in [5, 5.41) is 0.541.